The number of carbonyl (C=O) groups excluding carboxylic acids is 2. The maximum absolute atomic E-state index is 12.3. The molecule has 29 heavy (non-hydrogen) atoms. The Morgan fingerprint density at radius 2 is 1.45 bits per heavy atom. The van der Waals surface area contributed by atoms with Crippen molar-refractivity contribution in [2.75, 3.05) is 11.9 Å². The summed E-state index contributed by atoms with van der Waals surface area (Å²) in [6.07, 6.45) is 3.13. The van der Waals surface area contributed by atoms with Gasteiger partial charge in [-0.1, -0.05) is 63.2 Å². The van der Waals surface area contributed by atoms with E-state index in [1.165, 1.54) is 0 Å². The van der Waals surface area contributed by atoms with Crippen molar-refractivity contribution in [1.82, 2.24) is 15.3 Å². The maximum atomic E-state index is 12.3. The van der Waals surface area contributed by atoms with Crippen molar-refractivity contribution in [3.05, 3.63) is 78.4 Å². The van der Waals surface area contributed by atoms with Gasteiger partial charge < -0.3 is 10.6 Å². The highest BCUT2D eigenvalue weighted by Gasteiger charge is 2.17. The lowest BCUT2D eigenvalue weighted by Crippen LogP contribution is -2.32. The summed E-state index contributed by atoms with van der Waals surface area (Å²) in [5.74, 6) is 0.0493. The van der Waals surface area contributed by atoms with Crippen LogP contribution in [0.5, 0.6) is 0 Å². The Hall–Kier alpha value is -3.54. The van der Waals surface area contributed by atoms with Crippen LogP contribution in [0.4, 0.5) is 5.69 Å². The molecule has 1 aromatic heterocycles. The summed E-state index contributed by atoms with van der Waals surface area (Å²) in [6, 6.07) is 17.2. The molecule has 2 amide bonds. The lowest BCUT2D eigenvalue weighted by atomic mass is 9.96. The molecule has 0 bridgehead atoms. The number of nitrogens with zero attached hydrogens (tertiary/aromatic N) is 2. The van der Waals surface area contributed by atoms with Gasteiger partial charge in [-0.25, -0.2) is 9.97 Å². The SMILES string of the molecule is CC(C)(C)c1ncc(NC(=O)CNC(=O)c2ccc(-c3ccccc3)cc2)cn1. The Balaban J connectivity index is 1.53. The molecule has 0 unspecified atom stereocenters. The fraction of sp³-hybridized carbons (Fsp3) is 0.217. The summed E-state index contributed by atoms with van der Waals surface area (Å²) < 4.78 is 0. The van der Waals surface area contributed by atoms with Gasteiger partial charge in [0.05, 0.1) is 24.6 Å². The molecule has 6 heteroatoms. The minimum absolute atomic E-state index is 0.139. The first kappa shape index (κ1) is 20.2. The monoisotopic (exact) mass is 388 g/mol. The van der Waals surface area contributed by atoms with Gasteiger partial charge in [0.2, 0.25) is 5.91 Å². The van der Waals surface area contributed by atoms with Crippen molar-refractivity contribution < 1.29 is 9.59 Å². The van der Waals surface area contributed by atoms with Gasteiger partial charge in [-0.3, -0.25) is 9.59 Å². The van der Waals surface area contributed by atoms with Gasteiger partial charge in [-0.15, -0.1) is 0 Å². The summed E-state index contributed by atoms with van der Waals surface area (Å²) in [5.41, 5.74) is 2.93. The van der Waals surface area contributed by atoms with Crippen LogP contribution in [0.15, 0.2) is 67.0 Å². The first-order chi connectivity index (χ1) is 13.8. The molecule has 0 spiro atoms. The van der Waals surface area contributed by atoms with Crippen molar-refractivity contribution in [3.8, 4) is 11.1 Å². The van der Waals surface area contributed by atoms with Crippen LogP contribution in [0.25, 0.3) is 11.1 Å². The van der Waals surface area contributed by atoms with E-state index in [0.29, 0.717) is 17.1 Å². The van der Waals surface area contributed by atoms with Gasteiger partial charge in [0.15, 0.2) is 0 Å². The molecule has 2 N–H and O–H groups in total. The van der Waals surface area contributed by atoms with E-state index < -0.39 is 0 Å². The van der Waals surface area contributed by atoms with Crippen LogP contribution in [-0.4, -0.2) is 28.3 Å². The number of amides is 2. The summed E-state index contributed by atoms with van der Waals surface area (Å²) in [5, 5.41) is 5.30. The molecular formula is C23H24N4O2. The minimum Gasteiger partial charge on any atom is -0.343 e. The number of nitrogens with one attached hydrogen (secondary N) is 2. The third-order valence-corrected chi connectivity index (χ3v) is 4.27. The van der Waals surface area contributed by atoms with Crippen LogP contribution >= 0.6 is 0 Å². The molecule has 0 aliphatic heterocycles. The molecule has 0 atom stereocenters. The molecule has 2 aromatic carbocycles. The van der Waals surface area contributed by atoms with E-state index in [1.54, 1.807) is 24.5 Å². The highest BCUT2D eigenvalue weighted by molar-refractivity contribution is 5.99. The summed E-state index contributed by atoms with van der Waals surface area (Å²) in [4.78, 5) is 32.9. The standard InChI is InChI=1S/C23H24N4O2/c1-23(2,3)22-25-13-19(14-26-22)27-20(28)15-24-21(29)18-11-9-17(10-12-18)16-7-5-4-6-8-16/h4-14H,15H2,1-3H3,(H,24,29)(H,27,28). The molecule has 0 aliphatic carbocycles. The van der Waals surface area contributed by atoms with Crippen LogP contribution < -0.4 is 10.6 Å². The first-order valence-corrected chi connectivity index (χ1v) is 9.39. The van der Waals surface area contributed by atoms with Gasteiger partial charge in [0.25, 0.3) is 5.91 Å². The second-order valence-corrected chi connectivity index (χ2v) is 7.72. The third kappa shape index (κ3) is 5.48. The first-order valence-electron chi connectivity index (χ1n) is 9.39. The Bertz CT molecular complexity index is 976. The summed E-state index contributed by atoms with van der Waals surface area (Å²) in [6.45, 7) is 5.91. The highest BCUT2D eigenvalue weighted by Crippen LogP contribution is 2.19. The van der Waals surface area contributed by atoms with Gasteiger partial charge in [-0.2, -0.15) is 0 Å². The molecule has 148 valence electrons. The summed E-state index contributed by atoms with van der Waals surface area (Å²) in [7, 11) is 0. The fourth-order valence-corrected chi connectivity index (χ4v) is 2.69. The van der Waals surface area contributed by atoms with E-state index in [-0.39, 0.29) is 23.8 Å². The number of anilines is 1. The maximum Gasteiger partial charge on any atom is 0.251 e. The second-order valence-electron chi connectivity index (χ2n) is 7.72. The van der Waals surface area contributed by atoms with Crippen molar-refractivity contribution in [3.63, 3.8) is 0 Å². The Morgan fingerprint density at radius 1 is 0.862 bits per heavy atom. The Kier molecular flexibility index (Phi) is 6.02. The molecule has 0 fully saturated rings. The van der Waals surface area contributed by atoms with E-state index in [4.69, 9.17) is 0 Å². The summed E-state index contributed by atoms with van der Waals surface area (Å²) >= 11 is 0. The van der Waals surface area contributed by atoms with Gasteiger partial charge >= 0.3 is 0 Å². The lowest BCUT2D eigenvalue weighted by molar-refractivity contribution is -0.115. The molecule has 6 nitrogen and oxygen atoms in total. The fourth-order valence-electron chi connectivity index (χ4n) is 2.69. The van der Waals surface area contributed by atoms with Gasteiger partial charge in [0, 0.05) is 11.0 Å². The Morgan fingerprint density at radius 3 is 2.03 bits per heavy atom. The average Bonchev–Trinajstić information content (AvgIpc) is 2.72. The molecular weight excluding hydrogens is 364 g/mol. The van der Waals surface area contributed by atoms with Gasteiger partial charge in [-0.05, 0) is 23.3 Å². The Labute approximate surface area is 170 Å². The lowest BCUT2D eigenvalue weighted by Gasteiger charge is -2.16. The molecule has 0 aliphatic rings. The molecule has 0 saturated carbocycles. The number of rotatable bonds is 5. The molecule has 0 saturated heterocycles. The topological polar surface area (TPSA) is 84.0 Å². The largest absolute Gasteiger partial charge is 0.343 e. The zero-order chi connectivity index (χ0) is 20.9. The third-order valence-electron chi connectivity index (χ3n) is 4.27. The van der Waals surface area contributed by atoms with E-state index in [2.05, 4.69) is 20.6 Å². The van der Waals surface area contributed by atoms with Crippen molar-refractivity contribution in [2.45, 2.75) is 26.2 Å². The van der Waals surface area contributed by atoms with Crippen LogP contribution in [-0.2, 0) is 10.2 Å². The number of benzene rings is 2. The average molecular weight is 388 g/mol. The number of carbonyl (C=O) groups is 2. The molecule has 3 rings (SSSR count). The predicted octanol–water partition coefficient (Wildman–Crippen LogP) is 3.81. The van der Waals surface area contributed by atoms with E-state index in [9.17, 15) is 9.59 Å². The van der Waals surface area contributed by atoms with Crippen molar-refractivity contribution >= 4 is 17.5 Å². The molecule has 1 heterocycles. The van der Waals surface area contributed by atoms with Crippen LogP contribution in [0, 0.1) is 0 Å². The number of hydrogen-bond donors (Lipinski definition) is 2. The van der Waals surface area contributed by atoms with Crippen molar-refractivity contribution in [1.29, 1.82) is 0 Å². The number of hydrogen-bond acceptors (Lipinski definition) is 4. The quantitative estimate of drug-likeness (QED) is 0.696. The highest BCUT2D eigenvalue weighted by atomic mass is 16.2. The predicted molar refractivity (Wildman–Crippen MR) is 114 cm³/mol. The number of aromatic nitrogens is 2. The van der Waals surface area contributed by atoms with E-state index in [1.807, 2.05) is 63.2 Å². The minimum atomic E-state index is -0.341. The van der Waals surface area contributed by atoms with E-state index in [0.717, 1.165) is 11.1 Å². The van der Waals surface area contributed by atoms with Crippen molar-refractivity contribution in [2.24, 2.45) is 0 Å². The van der Waals surface area contributed by atoms with Crippen LogP contribution in [0.2, 0.25) is 0 Å². The molecule has 0 radical (unpaired) electrons. The smallest absolute Gasteiger partial charge is 0.251 e. The normalized spacial score (nSPS) is 11.0. The zero-order valence-electron chi connectivity index (χ0n) is 16.8. The van der Waals surface area contributed by atoms with Crippen LogP contribution in [0.1, 0.15) is 37.0 Å². The van der Waals surface area contributed by atoms with Gasteiger partial charge in [0.1, 0.15) is 5.82 Å². The zero-order valence-corrected chi connectivity index (χ0v) is 16.8. The van der Waals surface area contributed by atoms with Crippen LogP contribution in [0.3, 0.4) is 0 Å². The second kappa shape index (κ2) is 8.65. The van der Waals surface area contributed by atoms with E-state index >= 15 is 0 Å². The molecule has 3 aromatic rings.